The van der Waals surface area contributed by atoms with E-state index in [1.807, 2.05) is 31.2 Å². The molecular formula is C19H22N4O3S. The number of rotatable bonds is 7. The van der Waals surface area contributed by atoms with Gasteiger partial charge in [0.2, 0.25) is 10.0 Å². The van der Waals surface area contributed by atoms with Crippen LogP contribution in [-0.2, 0) is 15.6 Å². The zero-order valence-electron chi connectivity index (χ0n) is 15.4. The van der Waals surface area contributed by atoms with E-state index in [1.165, 1.54) is 6.20 Å². The van der Waals surface area contributed by atoms with Gasteiger partial charge in [0.15, 0.2) is 0 Å². The van der Waals surface area contributed by atoms with Gasteiger partial charge in [0, 0.05) is 0 Å². The van der Waals surface area contributed by atoms with Gasteiger partial charge in [-0.1, -0.05) is 24.3 Å². The molecule has 0 atom stereocenters. The van der Waals surface area contributed by atoms with Gasteiger partial charge in [0.1, 0.15) is 11.4 Å². The van der Waals surface area contributed by atoms with E-state index >= 15 is 0 Å². The molecule has 3 aromatic rings. The van der Waals surface area contributed by atoms with E-state index in [4.69, 9.17) is 4.74 Å². The van der Waals surface area contributed by atoms with Crippen LogP contribution in [0.1, 0.15) is 26.5 Å². The van der Waals surface area contributed by atoms with Crippen molar-refractivity contribution < 1.29 is 13.2 Å². The lowest BCUT2D eigenvalue weighted by molar-refractivity contribution is 0.340. The molecule has 0 unspecified atom stereocenters. The topological polar surface area (TPSA) is 97.0 Å². The largest absolute Gasteiger partial charge is 0.494 e. The Kier molecular flexibility index (Phi) is 5.29. The van der Waals surface area contributed by atoms with Crippen LogP contribution >= 0.6 is 0 Å². The smallest absolute Gasteiger partial charge is 0.241 e. The second kappa shape index (κ2) is 7.50. The third-order valence-corrected chi connectivity index (χ3v) is 5.78. The zero-order valence-corrected chi connectivity index (χ0v) is 16.2. The van der Waals surface area contributed by atoms with Crippen molar-refractivity contribution in [2.24, 2.45) is 0 Å². The average molecular weight is 386 g/mol. The maximum Gasteiger partial charge on any atom is 0.241 e. The molecule has 142 valence electrons. The number of benzene rings is 2. The number of aromatic amines is 1. The fourth-order valence-corrected chi connectivity index (χ4v) is 4.08. The van der Waals surface area contributed by atoms with Crippen LogP contribution in [0.5, 0.6) is 5.75 Å². The molecule has 8 heteroatoms. The summed E-state index contributed by atoms with van der Waals surface area (Å²) >= 11 is 0. The first-order valence-electron chi connectivity index (χ1n) is 8.55. The second-order valence-electron chi connectivity index (χ2n) is 6.57. The zero-order chi connectivity index (χ0) is 19.5. The molecule has 0 amide bonds. The first-order valence-corrected chi connectivity index (χ1v) is 10.0. The molecule has 0 aliphatic carbocycles. The van der Waals surface area contributed by atoms with Crippen molar-refractivity contribution >= 4 is 10.0 Å². The van der Waals surface area contributed by atoms with E-state index in [9.17, 15) is 8.42 Å². The summed E-state index contributed by atoms with van der Waals surface area (Å²) in [5, 5.41) is 10.2. The Bertz CT molecular complexity index is 980. The SMILES string of the molecule is CCOc1ccc(-c2ccc(S(=O)(=O)NC(C)(C)c3cn[nH]n3)cc2)cc1. The molecule has 27 heavy (non-hydrogen) atoms. The monoisotopic (exact) mass is 386 g/mol. The average Bonchev–Trinajstić information content (AvgIpc) is 3.18. The van der Waals surface area contributed by atoms with Crippen LogP contribution in [0.15, 0.2) is 59.6 Å². The molecule has 0 saturated heterocycles. The molecule has 0 radical (unpaired) electrons. The van der Waals surface area contributed by atoms with E-state index in [2.05, 4.69) is 20.1 Å². The number of ether oxygens (including phenoxy) is 1. The summed E-state index contributed by atoms with van der Waals surface area (Å²) in [6.07, 6.45) is 1.50. The summed E-state index contributed by atoms with van der Waals surface area (Å²) in [4.78, 5) is 0.189. The maximum atomic E-state index is 12.7. The summed E-state index contributed by atoms with van der Waals surface area (Å²) in [7, 11) is -3.71. The Morgan fingerprint density at radius 3 is 2.15 bits per heavy atom. The fraction of sp³-hybridized carbons (Fsp3) is 0.263. The number of hydrogen-bond acceptors (Lipinski definition) is 5. The highest BCUT2D eigenvalue weighted by atomic mass is 32.2. The Hall–Kier alpha value is -2.71. The highest BCUT2D eigenvalue weighted by Gasteiger charge is 2.30. The second-order valence-corrected chi connectivity index (χ2v) is 8.25. The molecule has 0 bridgehead atoms. The van der Waals surface area contributed by atoms with Gasteiger partial charge in [0.05, 0.1) is 23.2 Å². The molecule has 0 aliphatic heterocycles. The van der Waals surface area contributed by atoms with Gasteiger partial charge in [-0.05, 0) is 56.2 Å². The Morgan fingerprint density at radius 1 is 1.04 bits per heavy atom. The van der Waals surface area contributed by atoms with E-state index in [1.54, 1.807) is 38.1 Å². The number of H-pyrrole nitrogens is 1. The van der Waals surface area contributed by atoms with Crippen LogP contribution in [0.4, 0.5) is 0 Å². The summed E-state index contributed by atoms with van der Waals surface area (Å²) < 4.78 is 33.5. The lowest BCUT2D eigenvalue weighted by Crippen LogP contribution is -2.41. The molecule has 2 N–H and O–H groups in total. The number of hydrogen-bond donors (Lipinski definition) is 2. The van der Waals surface area contributed by atoms with Crippen molar-refractivity contribution in [1.29, 1.82) is 0 Å². The molecule has 0 fully saturated rings. The number of aromatic nitrogens is 3. The van der Waals surface area contributed by atoms with Crippen LogP contribution in [-0.4, -0.2) is 30.4 Å². The van der Waals surface area contributed by atoms with Gasteiger partial charge >= 0.3 is 0 Å². The Morgan fingerprint density at radius 2 is 1.63 bits per heavy atom. The van der Waals surface area contributed by atoms with Crippen molar-refractivity contribution in [3.63, 3.8) is 0 Å². The molecule has 2 aromatic carbocycles. The molecular weight excluding hydrogens is 364 g/mol. The van der Waals surface area contributed by atoms with Crippen LogP contribution in [0.3, 0.4) is 0 Å². The molecule has 0 aliphatic rings. The number of nitrogens with one attached hydrogen (secondary N) is 2. The van der Waals surface area contributed by atoms with Crippen molar-refractivity contribution in [1.82, 2.24) is 20.1 Å². The number of nitrogens with zero attached hydrogens (tertiary/aromatic N) is 2. The summed E-state index contributed by atoms with van der Waals surface area (Å²) in [6.45, 7) is 6.02. The minimum atomic E-state index is -3.71. The molecule has 3 rings (SSSR count). The molecule has 1 aromatic heterocycles. The normalized spacial score (nSPS) is 12.1. The Balaban J connectivity index is 1.79. The highest BCUT2D eigenvalue weighted by Crippen LogP contribution is 2.25. The van der Waals surface area contributed by atoms with Crippen molar-refractivity contribution in [3.8, 4) is 16.9 Å². The van der Waals surface area contributed by atoms with E-state index in [-0.39, 0.29) is 4.90 Å². The van der Waals surface area contributed by atoms with Gasteiger partial charge in [0.25, 0.3) is 0 Å². The van der Waals surface area contributed by atoms with Gasteiger partial charge < -0.3 is 4.74 Å². The molecule has 7 nitrogen and oxygen atoms in total. The molecule has 0 spiro atoms. The van der Waals surface area contributed by atoms with Crippen LogP contribution in [0.2, 0.25) is 0 Å². The van der Waals surface area contributed by atoms with Crippen molar-refractivity contribution in [2.45, 2.75) is 31.2 Å². The van der Waals surface area contributed by atoms with Gasteiger partial charge in [-0.15, -0.1) is 0 Å². The maximum absolute atomic E-state index is 12.7. The standard InChI is InChI=1S/C19H22N4O3S/c1-4-26-16-9-5-14(6-10-16)15-7-11-17(12-8-15)27(24,25)22-19(2,3)18-13-20-23-21-18/h5-13,22H,4H2,1-3H3,(H,20,21,23). The summed E-state index contributed by atoms with van der Waals surface area (Å²) in [6, 6.07) is 14.4. The lowest BCUT2D eigenvalue weighted by Gasteiger charge is -2.23. The minimum Gasteiger partial charge on any atom is -0.494 e. The quantitative estimate of drug-likeness (QED) is 0.650. The van der Waals surface area contributed by atoms with Crippen LogP contribution in [0.25, 0.3) is 11.1 Å². The third-order valence-electron chi connectivity index (χ3n) is 4.11. The predicted octanol–water partition coefficient (Wildman–Crippen LogP) is 3.08. The van der Waals surface area contributed by atoms with Crippen molar-refractivity contribution in [3.05, 3.63) is 60.4 Å². The molecule has 0 saturated carbocycles. The molecule has 1 heterocycles. The third kappa shape index (κ3) is 4.35. The fourth-order valence-electron chi connectivity index (χ4n) is 2.69. The van der Waals surface area contributed by atoms with E-state index < -0.39 is 15.6 Å². The predicted molar refractivity (Wildman–Crippen MR) is 103 cm³/mol. The number of sulfonamides is 1. The highest BCUT2D eigenvalue weighted by molar-refractivity contribution is 7.89. The lowest BCUT2D eigenvalue weighted by atomic mass is 10.0. The van der Waals surface area contributed by atoms with E-state index in [0.717, 1.165) is 16.9 Å². The summed E-state index contributed by atoms with van der Waals surface area (Å²) in [5.74, 6) is 0.805. The summed E-state index contributed by atoms with van der Waals surface area (Å²) in [5.41, 5.74) is 1.53. The van der Waals surface area contributed by atoms with Gasteiger partial charge in [-0.2, -0.15) is 20.1 Å². The van der Waals surface area contributed by atoms with Crippen LogP contribution in [0, 0.1) is 0 Å². The minimum absolute atomic E-state index is 0.189. The first-order chi connectivity index (χ1) is 12.8. The van der Waals surface area contributed by atoms with Crippen molar-refractivity contribution in [2.75, 3.05) is 6.61 Å². The Labute approximate surface area is 158 Å². The first kappa shape index (κ1) is 19.1. The van der Waals surface area contributed by atoms with Crippen LogP contribution < -0.4 is 9.46 Å². The van der Waals surface area contributed by atoms with E-state index in [0.29, 0.717) is 12.3 Å². The van der Waals surface area contributed by atoms with Gasteiger partial charge in [-0.3, -0.25) is 0 Å². The van der Waals surface area contributed by atoms with Gasteiger partial charge in [-0.25, -0.2) is 8.42 Å².